The molecule has 1 aliphatic heterocycles. The van der Waals surface area contributed by atoms with E-state index in [1.165, 1.54) is 12.1 Å². The van der Waals surface area contributed by atoms with Crippen LogP contribution in [-0.4, -0.2) is 54.9 Å². The second kappa shape index (κ2) is 15.2. The fraction of sp³-hybridized carbons (Fsp3) is 0.484. The molecule has 0 aliphatic carbocycles. The van der Waals surface area contributed by atoms with Crippen LogP contribution in [0.5, 0.6) is 5.75 Å². The summed E-state index contributed by atoms with van der Waals surface area (Å²) in [5, 5.41) is 11.3. The van der Waals surface area contributed by atoms with Gasteiger partial charge < -0.3 is 26.0 Å². The molecule has 0 radical (unpaired) electrons. The van der Waals surface area contributed by atoms with Crippen molar-refractivity contribution in [3.63, 3.8) is 0 Å². The largest absolute Gasteiger partial charge is 0.491 e. The molecular weight excluding hydrogens is 527 g/mol. The highest BCUT2D eigenvalue weighted by Gasteiger charge is 2.32. The molecule has 3 rings (SSSR count). The van der Waals surface area contributed by atoms with Crippen LogP contribution in [0.15, 0.2) is 48.5 Å². The first-order valence-electron chi connectivity index (χ1n) is 14.2. The number of benzene rings is 2. The third-order valence-corrected chi connectivity index (χ3v) is 7.12. The molecule has 4 N–H and O–H groups in total. The first-order chi connectivity index (χ1) is 19.6. The number of hydrogen-bond donors (Lipinski definition) is 4. The van der Waals surface area contributed by atoms with Gasteiger partial charge in [-0.1, -0.05) is 58.4 Å². The molecule has 4 amide bonds. The number of amides is 4. The van der Waals surface area contributed by atoms with E-state index in [1.54, 1.807) is 36.4 Å². The molecule has 2 aromatic carbocycles. The summed E-state index contributed by atoms with van der Waals surface area (Å²) in [6.45, 7) is 8.23. The van der Waals surface area contributed by atoms with Crippen LogP contribution in [0.4, 0.5) is 4.39 Å². The lowest BCUT2D eigenvalue weighted by Crippen LogP contribution is -2.56. The Morgan fingerprint density at radius 2 is 1.73 bits per heavy atom. The first kappa shape index (κ1) is 31.6. The number of rotatable bonds is 8. The fourth-order valence-corrected chi connectivity index (χ4v) is 4.67. The number of hydrogen-bond acceptors (Lipinski definition) is 5. The van der Waals surface area contributed by atoms with Crippen LogP contribution in [0, 0.1) is 17.7 Å². The Kier molecular flexibility index (Phi) is 11.7. The third kappa shape index (κ3) is 9.58. The van der Waals surface area contributed by atoms with Gasteiger partial charge in [0.2, 0.25) is 17.7 Å². The van der Waals surface area contributed by atoms with Gasteiger partial charge in [0.15, 0.2) is 0 Å². The molecule has 9 nitrogen and oxygen atoms in total. The lowest BCUT2D eigenvalue weighted by Gasteiger charge is -2.29. The molecule has 0 bridgehead atoms. The molecule has 0 spiro atoms. The summed E-state index contributed by atoms with van der Waals surface area (Å²) in [6, 6.07) is 10.2. The average Bonchev–Trinajstić information content (AvgIpc) is 2.94. The van der Waals surface area contributed by atoms with Crippen molar-refractivity contribution in [3.8, 4) is 5.75 Å². The van der Waals surface area contributed by atoms with E-state index in [0.717, 1.165) is 5.56 Å². The van der Waals surface area contributed by atoms with Crippen molar-refractivity contribution in [1.82, 2.24) is 21.3 Å². The molecule has 2 aromatic rings. The predicted octanol–water partition coefficient (Wildman–Crippen LogP) is 3.13. The lowest BCUT2D eigenvalue weighted by molar-refractivity contribution is -0.132. The van der Waals surface area contributed by atoms with E-state index in [-0.39, 0.29) is 54.7 Å². The number of ether oxygens (including phenoxy) is 1. The molecule has 222 valence electrons. The number of fused-ring (bicyclic) bond motifs is 1. The van der Waals surface area contributed by atoms with Gasteiger partial charge in [-0.25, -0.2) is 4.39 Å². The molecule has 10 heteroatoms. The SMILES string of the molecule is CC[C@H](C)[C@@H]1NC(=O)C[C@@H](C(=O)NCCc2ccc(F)cc2)NC(=O)c2ccccc2OC[C@@H](CC(C)C)NC1=O. The molecule has 4 atom stereocenters. The first-order valence-corrected chi connectivity index (χ1v) is 14.2. The van der Waals surface area contributed by atoms with E-state index >= 15 is 0 Å². The minimum absolute atomic E-state index is 0.128. The highest BCUT2D eigenvalue weighted by molar-refractivity contribution is 6.01. The Morgan fingerprint density at radius 3 is 2.41 bits per heavy atom. The van der Waals surface area contributed by atoms with E-state index in [9.17, 15) is 23.6 Å². The summed E-state index contributed by atoms with van der Waals surface area (Å²) in [5.41, 5.74) is 1.03. The van der Waals surface area contributed by atoms with Crippen molar-refractivity contribution < 1.29 is 28.3 Å². The molecule has 0 saturated carbocycles. The van der Waals surface area contributed by atoms with E-state index in [4.69, 9.17) is 4.74 Å². The second-order valence-corrected chi connectivity index (χ2v) is 11.0. The Labute approximate surface area is 241 Å². The topological polar surface area (TPSA) is 126 Å². The summed E-state index contributed by atoms with van der Waals surface area (Å²) in [5.74, 6) is -1.93. The van der Waals surface area contributed by atoms with Crippen molar-refractivity contribution in [3.05, 3.63) is 65.5 Å². The maximum atomic E-state index is 13.4. The minimum atomic E-state index is -1.21. The molecule has 0 saturated heterocycles. The summed E-state index contributed by atoms with van der Waals surface area (Å²) in [7, 11) is 0. The second-order valence-electron chi connectivity index (χ2n) is 11.0. The number of carbonyl (C=O) groups excluding carboxylic acids is 4. The van der Waals surface area contributed by atoms with Gasteiger partial charge in [0, 0.05) is 6.54 Å². The summed E-state index contributed by atoms with van der Waals surface area (Å²) < 4.78 is 19.2. The molecule has 1 aliphatic rings. The summed E-state index contributed by atoms with van der Waals surface area (Å²) in [4.78, 5) is 53.1. The van der Waals surface area contributed by atoms with Gasteiger partial charge in [0.1, 0.15) is 30.3 Å². The van der Waals surface area contributed by atoms with Crippen molar-refractivity contribution in [1.29, 1.82) is 0 Å². The van der Waals surface area contributed by atoms with Crippen LogP contribution in [-0.2, 0) is 20.8 Å². The highest BCUT2D eigenvalue weighted by Crippen LogP contribution is 2.20. The van der Waals surface area contributed by atoms with Crippen molar-refractivity contribution in [2.24, 2.45) is 11.8 Å². The molecule has 41 heavy (non-hydrogen) atoms. The molecule has 0 fully saturated rings. The molecule has 0 unspecified atom stereocenters. The summed E-state index contributed by atoms with van der Waals surface area (Å²) in [6.07, 6.45) is 1.35. The van der Waals surface area contributed by atoms with Crippen LogP contribution in [0.3, 0.4) is 0 Å². The number of nitrogens with one attached hydrogen (secondary N) is 4. The maximum absolute atomic E-state index is 13.4. The van der Waals surface area contributed by atoms with Gasteiger partial charge in [-0.05, 0) is 54.5 Å². The van der Waals surface area contributed by atoms with Crippen molar-refractivity contribution in [2.45, 2.75) is 71.5 Å². The maximum Gasteiger partial charge on any atom is 0.255 e. The minimum Gasteiger partial charge on any atom is -0.491 e. The van der Waals surface area contributed by atoms with Gasteiger partial charge in [0.05, 0.1) is 18.0 Å². The average molecular weight is 569 g/mol. The zero-order valence-electron chi connectivity index (χ0n) is 24.2. The normalized spacial score (nSPS) is 20.9. The molecular formula is C31H41FN4O5. The van der Waals surface area contributed by atoms with Crippen LogP contribution < -0.4 is 26.0 Å². The number of para-hydroxylation sites is 1. The zero-order valence-corrected chi connectivity index (χ0v) is 24.2. The fourth-order valence-electron chi connectivity index (χ4n) is 4.67. The Morgan fingerprint density at radius 1 is 1.02 bits per heavy atom. The van der Waals surface area contributed by atoms with Crippen molar-refractivity contribution in [2.75, 3.05) is 13.2 Å². The smallest absolute Gasteiger partial charge is 0.255 e. The van der Waals surface area contributed by atoms with Crippen molar-refractivity contribution >= 4 is 23.6 Å². The number of carbonyl (C=O) groups is 4. The van der Waals surface area contributed by atoms with Crippen LogP contribution in [0.1, 0.15) is 62.9 Å². The third-order valence-electron chi connectivity index (χ3n) is 7.12. The zero-order chi connectivity index (χ0) is 29.9. The number of halogens is 1. The standard InChI is InChI=1S/C31H41FN4O5/c1-5-20(4)28-31(40)34-23(16-19(2)3)18-41-26-9-7-6-8-24(26)29(38)35-25(17-27(37)36-28)30(39)33-15-14-21-10-12-22(32)13-11-21/h6-13,19-20,23,25,28H,5,14-18H2,1-4H3,(H,33,39)(H,34,40)(H,35,38)(H,36,37)/t20-,23+,25-,28-/m0/s1. The lowest BCUT2D eigenvalue weighted by atomic mass is 9.96. The Balaban J connectivity index is 1.86. The summed E-state index contributed by atoms with van der Waals surface area (Å²) >= 11 is 0. The highest BCUT2D eigenvalue weighted by atomic mass is 19.1. The van der Waals surface area contributed by atoms with Gasteiger partial charge >= 0.3 is 0 Å². The van der Waals surface area contributed by atoms with Gasteiger partial charge in [-0.2, -0.15) is 0 Å². The Hall–Kier alpha value is -3.95. The van der Waals surface area contributed by atoms with Gasteiger partial charge in [-0.3, -0.25) is 19.2 Å². The van der Waals surface area contributed by atoms with Gasteiger partial charge in [-0.15, -0.1) is 0 Å². The monoisotopic (exact) mass is 568 g/mol. The van der Waals surface area contributed by atoms with Crippen LogP contribution in [0.25, 0.3) is 0 Å². The Bertz CT molecular complexity index is 1200. The van der Waals surface area contributed by atoms with E-state index in [2.05, 4.69) is 21.3 Å². The van der Waals surface area contributed by atoms with E-state index in [0.29, 0.717) is 25.0 Å². The predicted molar refractivity (Wildman–Crippen MR) is 154 cm³/mol. The van der Waals surface area contributed by atoms with Crippen LogP contribution in [0.2, 0.25) is 0 Å². The van der Waals surface area contributed by atoms with E-state index < -0.39 is 29.8 Å². The molecule has 0 aromatic heterocycles. The van der Waals surface area contributed by atoms with E-state index in [1.807, 2.05) is 27.7 Å². The van der Waals surface area contributed by atoms with Gasteiger partial charge in [0.25, 0.3) is 5.91 Å². The van der Waals surface area contributed by atoms with Crippen LogP contribution >= 0.6 is 0 Å². The quantitative estimate of drug-likeness (QED) is 0.390. The molecule has 1 heterocycles.